The summed E-state index contributed by atoms with van der Waals surface area (Å²) in [5.41, 5.74) is 9.24. The van der Waals surface area contributed by atoms with Gasteiger partial charge in [0.2, 0.25) is 15.9 Å². The number of benzene rings is 2. The number of carbonyl (C=O) groups is 2. The van der Waals surface area contributed by atoms with Crippen LogP contribution in [0.3, 0.4) is 0 Å². The number of nitrogens with two attached hydrogens (primary N) is 1. The van der Waals surface area contributed by atoms with E-state index in [1.54, 1.807) is 10.4 Å². The molecule has 12 heteroatoms. The number of anilines is 1. The van der Waals surface area contributed by atoms with Crippen LogP contribution in [0.25, 0.3) is 10.9 Å². The number of rotatable bonds is 7. The maximum absolute atomic E-state index is 13.2. The molecule has 0 atom stereocenters. The molecule has 3 saturated heterocycles. The molecule has 0 bridgehead atoms. The summed E-state index contributed by atoms with van der Waals surface area (Å²) in [5, 5.41) is 7.88. The Kier molecular flexibility index (Phi) is 8.05. The third-order valence-corrected chi connectivity index (χ3v) is 10.9. The summed E-state index contributed by atoms with van der Waals surface area (Å²) in [5.74, 6) is 0.757. The Morgan fingerprint density at radius 2 is 1.74 bits per heavy atom. The van der Waals surface area contributed by atoms with Crippen molar-refractivity contribution in [2.45, 2.75) is 55.4 Å². The quantitative estimate of drug-likeness (QED) is 0.430. The van der Waals surface area contributed by atoms with E-state index in [9.17, 15) is 18.0 Å². The number of amides is 3. The molecule has 224 valence electrons. The summed E-state index contributed by atoms with van der Waals surface area (Å²) < 4.78 is 29.7. The molecule has 11 nitrogen and oxygen atoms in total. The van der Waals surface area contributed by atoms with E-state index in [0.717, 1.165) is 55.4 Å². The molecular formula is C30H39N7O4S. The molecule has 3 N–H and O–H groups in total. The van der Waals surface area contributed by atoms with Crippen LogP contribution < -0.4 is 16.0 Å². The van der Waals surface area contributed by atoms with Crippen LogP contribution in [0.1, 0.15) is 49.1 Å². The van der Waals surface area contributed by atoms with E-state index >= 15 is 0 Å². The van der Waals surface area contributed by atoms with Gasteiger partial charge in [0.05, 0.1) is 10.4 Å². The smallest absolute Gasteiger partial charge is 0.328 e. The molecule has 0 saturated carbocycles. The predicted octanol–water partition coefficient (Wildman–Crippen LogP) is 2.55. The molecule has 3 aromatic rings. The number of nitrogens with zero attached hydrogens (tertiary/aromatic N) is 5. The normalized spacial score (nSPS) is 20.4. The van der Waals surface area contributed by atoms with Crippen LogP contribution >= 0.6 is 0 Å². The van der Waals surface area contributed by atoms with Crippen LogP contribution in [0, 0.1) is 0 Å². The number of aromatic nitrogens is 2. The van der Waals surface area contributed by atoms with Crippen LogP contribution in [0.2, 0.25) is 0 Å². The maximum atomic E-state index is 13.2. The summed E-state index contributed by atoms with van der Waals surface area (Å²) in [7, 11) is -1.61. The van der Waals surface area contributed by atoms with E-state index < -0.39 is 16.1 Å². The molecular weight excluding hydrogens is 554 g/mol. The number of hydrogen-bond donors (Lipinski definition) is 2. The Bertz CT molecular complexity index is 1590. The number of nitrogens with one attached hydrogen (secondary N) is 1. The van der Waals surface area contributed by atoms with E-state index in [2.05, 4.69) is 27.4 Å². The van der Waals surface area contributed by atoms with Crippen molar-refractivity contribution >= 4 is 38.7 Å². The van der Waals surface area contributed by atoms with Gasteiger partial charge < -0.3 is 10.6 Å². The van der Waals surface area contributed by atoms with Crippen LogP contribution in [0.4, 0.5) is 10.6 Å². The fourth-order valence-electron chi connectivity index (χ4n) is 6.38. The number of piperidine rings is 2. The van der Waals surface area contributed by atoms with Gasteiger partial charge in [0.1, 0.15) is 0 Å². The van der Waals surface area contributed by atoms with Crippen molar-refractivity contribution in [3.63, 3.8) is 0 Å². The van der Waals surface area contributed by atoms with Crippen molar-refractivity contribution in [3.05, 3.63) is 53.6 Å². The van der Waals surface area contributed by atoms with Gasteiger partial charge in [0.15, 0.2) is 5.82 Å². The molecule has 0 radical (unpaired) electrons. The molecule has 3 fully saturated rings. The Hall–Kier alpha value is -3.32. The highest BCUT2D eigenvalue weighted by Gasteiger charge is 2.30. The second kappa shape index (κ2) is 11.8. The van der Waals surface area contributed by atoms with Gasteiger partial charge in [-0.2, -0.15) is 9.40 Å². The van der Waals surface area contributed by atoms with E-state index in [1.807, 2.05) is 36.0 Å². The first-order chi connectivity index (χ1) is 20.2. The van der Waals surface area contributed by atoms with Gasteiger partial charge in [0.25, 0.3) is 0 Å². The van der Waals surface area contributed by atoms with Gasteiger partial charge in [-0.05, 0) is 86.5 Å². The second-order valence-electron chi connectivity index (χ2n) is 11.7. The Morgan fingerprint density at radius 1 is 0.976 bits per heavy atom. The van der Waals surface area contributed by atoms with E-state index in [0.29, 0.717) is 49.1 Å². The minimum absolute atomic E-state index is 0.0843. The Labute approximate surface area is 246 Å². The van der Waals surface area contributed by atoms with Crippen LogP contribution in [-0.2, 0) is 28.3 Å². The number of urea groups is 1. The van der Waals surface area contributed by atoms with Crippen LogP contribution in [0.5, 0.6) is 0 Å². The molecule has 6 rings (SSSR count). The minimum atomic E-state index is -3.50. The monoisotopic (exact) mass is 593 g/mol. The van der Waals surface area contributed by atoms with E-state index in [4.69, 9.17) is 5.73 Å². The topological polar surface area (TPSA) is 134 Å². The number of imide groups is 1. The zero-order valence-corrected chi connectivity index (χ0v) is 24.9. The molecule has 2 aromatic carbocycles. The van der Waals surface area contributed by atoms with Crippen molar-refractivity contribution in [2.24, 2.45) is 12.8 Å². The number of hydrogen-bond acceptors (Lipinski definition) is 7. The first-order valence-electron chi connectivity index (χ1n) is 14.8. The highest BCUT2D eigenvalue weighted by atomic mass is 32.2. The summed E-state index contributed by atoms with van der Waals surface area (Å²) >= 11 is 0. The zero-order valence-electron chi connectivity index (χ0n) is 24.0. The summed E-state index contributed by atoms with van der Waals surface area (Å²) in [4.78, 5) is 28.3. The lowest BCUT2D eigenvalue weighted by Crippen LogP contribution is -2.49. The number of sulfonamides is 1. The second-order valence-corrected chi connectivity index (χ2v) is 13.7. The molecule has 1 aromatic heterocycles. The lowest BCUT2D eigenvalue weighted by Gasteiger charge is -2.32. The molecule has 42 heavy (non-hydrogen) atoms. The lowest BCUT2D eigenvalue weighted by molar-refractivity contribution is -0.120. The van der Waals surface area contributed by atoms with Crippen molar-refractivity contribution in [3.8, 4) is 0 Å². The van der Waals surface area contributed by atoms with Gasteiger partial charge in [-0.15, -0.1) is 0 Å². The fraction of sp³-hybridized carbons (Fsp3) is 0.500. The Balaban J connectivity index is 1.06. The third-order valence-electron chi connectivity index (χ3n) is 8.98. The van der Waals surface area contributed by atoms with Crippen molar-refractivity contribution in [2.75, 3.05) is 44.2 Å². The number of fused-ring (bicyclic) bond motifs is 1. The number of aryl methyl sites for hydroxylation is 1. The third kappa shape index (κ3) is 5.81. The summed E-state index contributed by atoms with van der Waals surface area (Å²) in [6.45, 7) is 4.13. The molecule has 0 spiro atoms. The number of carbonyl (C=O) groups excluding carboxylic acids is 2. The highest BCUT2D eigenvalue weighted by Crippen LogP contribution is 2.33. The van der Waals surface area contributed by atoms with Crippen LogP contribution in [0.15, 0.2) is 47.4 Å². The summed E-state index contributed by atoms with van der Waals surface area (Å²) in [6, 6.07) is 13.4. The zero-order chi connectivity index (χ0) is 29.4. The van der Waals surface area contributed by atoms with Crippen molar-refractivity contribution in [1.82, 2.24) is 24.3 Å². The Morgan fingerprint density at radius 3 is 2.48 bits per heavy atom. The molecule has 3 amide bonds. The fourth-order valence-corrected chi connectivity index (χ4v) is 7.92. The molecule has 0 aliphatic carbocycles. The predicted molar refractivity (Wildman–Crippen MR) is 161 cm³/mol. The minimum Gasteiger partial charge on any atom is -0.328 e. The maximum Gasteiger partial charge on any atom is 0.329 e. The van der Waals surface area contributed by atoms with Gasteiger partial charge in [0, 0.05) is 51.1 Å². The highest BCUT2D eigenvalue weighted by molar-refractivity contribution is 7.89. The first kappa shape index (κ1) is 28.8. The molecule has 0 unspecified atom stereocenters. The molecule has 3 aliphatic heterocycles. The average molecular weight is 594 g/mol. The first-order valence-corrected chi connectivity index (χ1v) is 16.3. The van der Waals surface area contributed by atoms with Crippen molar-refractivity contribution < 1.29 is 18.0 Å². The SMILES string of the molecule is Cn1nc(N2CCC(=O)NC2=O)c2ccc(C3CCN(CCc4cccc(S(=O)(=O)N5CCC(N)CC5)c4)CC3)cc21. The molecule has 3 aliphatic rings. The van der Waals surface area contributed by atoms with Gasteiger partial charge in [-0.25, -0.2) is 13.2 Å². The van der Waals surface area contributed by atoms with Gasteiger partial charge in [-0.3, -0.25) is 19.7 Å². The van der Waals surface area contributed by atoms with E-state index in [1.165, 1.54) is 10.5 Å². The van der Waals surface area contributed by atoms with Gasteiger partial charge >= 0.3 is 6.03 Å². The molecule has 4 heterocycles. The standard InChI is InChI=1S/C30H39N7O4S/c1-34-27-20-23(5-6-26(27)29(33-34)37-18-12-28(38)32-30(37)39)22-8-14-35(15-9-22)13-7-21-3-2-4-25(19-21)42(40,41)36-16-10-24(31)11-17-36/h2-6,19-20,22,24H,7-18,31H2,1H3,(H,32,38,39). The lowest BCUT2D eigenvalue weighted by atomic mass is 9.89. The van der Waals surface area contributed by atoms with E-state index in [-0.39, 0.29) is 18.4 Å². The van der Waals surface area contributed by atoms with Gasteiger partial charge in [-0.1, -0.05) is 18.2 Å². The van der Waals surface area contributed by atoms with Crippen molar-refractivity contribution in [1.29, 1.82) is 0 Å². The average Bonchev–Trinajstić information content (AvgIpc) is 3.32. The largest absolute Gasteiger partial charge is 0.329 e. The summed E-state index contributed by atoms with van der Waals surface area (Å²) in [6.07, 6.45) is 4.55. The number of likely N-dealkylation sites (tertiary alicyclic amines) is 1. The van der Waals surface area contributed by atoms with Crippen LogP contribution in [-0.4, -0.2) is 84.7 Å².